The third-order valence-electron chi connectivity index (χ3n) is 1.84. The van der Waals surface area contributed by atoms with Crippen molar-refractivity contribution in [3.8, 4) is 0 Å². The number of rotatable bonds is 0. The Morgan fingerprint density at radius 3 is 2.00 bits per heavy atom. The fraction of sp³-hybridized carbons (Fsp3) is 0.438. The van der Waals surface area contributed by atoms with Crippen LogP contribution in [0.1, 0.15) is 26.3 Å². The van der Waals surface area contributed by atoms with Gasteiger partial charge in [-0.15, -0.1) is 49.9 Å². The van der Waals surface area contributed by atoms with E-state index in [4.69, 9.17) is 22.8 Å². The van der Waals surface area contributed by atoms with E-state index >= 15 is 0 Å². The van der Waals surface area contributed by atoms with Gasteiger partial charge in [0.15, 0.2) is 0 Å². The SMILES string of the molecule is CC(C)(C)[NH-].C[Si]C.Cc1cc2cccc(Br)c2[cH-]1.[Cl][Zr+2][Cl]. The molecule has 22 heavy (non-hydrogen) atoms. The van der Waals surface area contributed by atoms with Gasteiger partial charge in [0.25, 0.3) is 0 Å². The normalized spacial score (nSPS) is 9.36. The predicted molar refractivity (Wildman–Crippen MR) is 105 cm³/mol. The van der Waals surface area contributed by atoms with E-state index in [0.717, 1.165) is 9.52 Å². The number of aryl methyl sites for hydroxylation is 1. The monoisotopic (exact) mass is 497 g/mol. The van der Waals surface area contributed by atoms with Crippen LogP contribution >= 0.6 is 33.0 Å². The molecule has 0 saturated carbocycles. The second kappa shape index (κ2) is 14.3. The first kappa shape index (κ1) is 25.2. The minimum absolute atomic E-state index is 0.250. The Morgan fingerprint density at radius 1 is 1.23 bits per heavy atom. The van der Waals surface area contributed by atoms with Crippen LogP contribution in [0.15, 0.2) is 34.8 Å². The Morgan fingerprint density at radius 2 is 1.64 bits per heavy atom. The van der Waals surface area contributed by atoms with E-state index < -0.39 is 20.8 Å². The second-order valence-corrected chi connectivity index (χ2v) is 11.2. The van der Waals surface area contributed by atoms with Crippen molar-refractivity contribution < 1.29 is 20.8 Å². The number of nitrogens with one attached hydrogen (secondary N) is 1. The Hall–Kier alpha value is 0.950. The summed E-state index contributed by atoms with van der Waals surface area (Å²) >= 11 is 2.68. The van der Waals surface area contributed by atoms with Gasteiger partial charge in [0.1, 0.15) is 0 Å². The predicted octanol–water partition coefficient (Wildman–Crippen LogP) is 7.63. The molecule has 0 aliphatic heterocycles. The van der Waals surface area contributed by atoms with Crippen molar-refractivity contribution in [1.82, 2.24) is 0 Å². The van der Waals surface area contributed by atoms with Gasteiger partial charge in [0.2, 0.25) is 0 Å². The van der Waals surface area contributed by atoms with Crippen LogP contribution in [-0.4, -0.2) is 15.1 Å². The van der Waals surface area contributed by atoms with E-state index in [1.807, 2.05) is 20.8 Å². The molecular formula is C16H24BrCl2NSiZr. The molecule has 0 spiro atoms. The molecule has 2 aromatic carbocycles. The van der Waals surface area contributed by atoms with Crippen molar-refractivity contribution in [3.05, 3.63) is 46.1 Å². The minimum atomic E-state index is -0.826. The van der Waals surface area contributed by atoms with E-state index in [1.165, 1.54) is 20.8 Å². The average molecular weight is 500 g/mol. The van der Waals surface area contributed by atoms with Crippen molar-refractivity contribution >= 4 is 53.2 Å². The summed E-state index contributed by atoms with van der Waals surface area (Å²) in [5.74, 6) is 0. The molecule has 2 radical (unpaired) electrons. The second-order valence-electron chi connectivity index (χ2n) is 5.60. The standard InChI is InChI=1S/C10H8Br.C4H10N.C2H6Si.2ClH.Zr/c1-7-5-8-3-2-4-10(11)9(8)6-7;1-4(2,3)5;1-3-2;;;/h2-6H,1H3;5H,1-3H3;1-2H3;2*1H;/q2*-1;;;;+4/p-2. The summed E-state index contributed by atoms with van der Waals surface area (Å²) in [6.07, 6.45) is 0. The molecule has 1 N–H and O–H groups in total. The van der Waals surface area contributed by atoms with Crippen LogP contribution in [0.2, 0.25) is 13.1 Å². The van der Waals surface area contributed by atoms with Gasteiger partial charge in [-0.2, -0.15) is 6.07 Å². The summed E-state index contributed by atoms with van der Waals surface area (Å²) in [5, 5.41) is 2.63. The molecule has 0 unspecified atom stereocenters. The maximum absolute atomic E-state index is 6.94. The van der Waals surface area contributed by atoms with Crippen LogP contribution in [0.5, 0.6) is 0 Å². The van der Waals surface area contributed by atoms with E-state index in [9.17, 15) is 0 Å². The third kappa shape index (κ3) is 15.8. The summed E-state index contributed by atoms with van der Waals surface area (Å²) in [5.41, 5.74) is 8.01. The number of hydrogen-bond donors (Lipinski definition) is 0. The molecule has 0 aliphatic rings. The molecular weight excluding hydrogens is 476 g/mol. The van der Waals surface area contributed by atoms with Gasteiger partial charge in [-0.05, 0) is 0 Å². The van der Waals surface area contributed by atoms with Gasteiger partial charge in [0.05, 0.1) is 0 Å². The van der Waals surface area contributed by atoms with Gasteiger partial charge in [-0.3, -0.25) is 0 Å². The van der Waals surface area contributed by atoms with E-state index in [0.29, 0.717) is 0 Å². The molecule has 122 valence electrons. The Kier molecular flexibility index (Phi) is 16.4. The molecule has 0 atom stereocenters. The summed E-state index contributed by atoms with van der Waals surface area (Å²) in [6, 6.07) is 10.7. The van der Waals surface area contributed by atoms with Crippen LogP contribution in [0.3, 0.4) is 0 Å². The zero-order chi connectivity index (χ0) is 17.8. The summed E-state index contributed by atoms with van der Waals surface area (Å²) in [6.45, 7) is 12.0. The Bertz CT molecular complexity index is 504. The molecule has 6 heteroatoms. The molecule has 0 aromatic heterocycles. The number of halogens is 3. The molecule has 0 aliphatic carbocycles. The maximum atomic E-state index is 6.94. The van der Waals surface area contributed by atoms with Crippen molar-refractivity contribution in [2.24, 2.45) is 0 Å². The molecule has 1 nitrogen and oxygen atoms in total. The first-order valence-corrected chi connectivity index (χ1v) is 15.8. The zero-order valence-corrected chi connectivity index (χ0v) is 20.6. The van der Waals surface area contributed by atoms with Crippen LogP contribution < -0.4 is 0 Å². The van der Waals surface area contributed by atoms with Gasteiger partial charge in [-0.25, -0.2) is 0 Å². The van der Waals surface area contributed by atoms with Gasteiger partial charge >= 0.3 is 37.9 Å². The first-order chi connectivity index (χ1) is 10.1. The average Bonchev–Trinajstić information content (AvgIpc) is 2.71. The van der Waals surface area contributed by atoms with Crippen molar-refractivity contribution in [1.29, 1.82) is 0 Å². The number of hydrogen-bond acceptors (Lipinski definition) is 0. The fourth-order valence-corrected chi connectivity index (χ4v) is 1.84. The number of benzene rings is 1. The van der Waals surface area contributed by atoms with E-state index in [-0.39, 0.29) is 5.54 Å². The van der Waals surface area contributed by atoms with Crippen LogP contribution in [0, 0.1) is 6.92 Å². The third-order valence-corrected chi connectivity index (χ3v) is 2.53. The van der Waals surface area contributed by atoms with Gasteiger partial charge in [0, 0.05) is 9.52 Å². The molecule has 2 rings (SSSR count). The van der Waals surface area contributed by atoms with Gasteiger partial charge in [-0.1, -0.05) is 57.4 Å². The summed E-state index contributed by atoms with van der Waals surface area (Å²) < 4.78 is 1.18. The fourth-order valence-electron chi connectivity index (χ4n) is 1.35. The van der Waals surface area contributed by atoms with Crippen LogP contribution in [0.4, 0.5) is 0 Å². The summed E-state index contributed by atoms with van der Waals surface area (Å²) in [7, 11) is 11.0. The van der Waals surface area contributed by atoms with Crippen LogP contribution in [-0.2, 0) is 20.8 Å². The van der Waals surface area contributed by atoms with Crippen molar-refractivity contribution in [3.63, 3.8) is 0 Å². The van der Waals surface area contributed by atoms with Crippen molar-refractivity contribution in [2.45, 2.75) is 46.3 Å². The zero-order valence-electron chi connectivity index (χ0n) is 14.0. The van der Waals surface area contributed by atoms with E-state index in [1.54, 1.807) is 0 Å². The Balaban J connectivity index is 0. The Labute approximate surface area is 165 Å². The topological polar surface area (TPSA) is 23.8 Å². The molecule has 0 fully saturated rings. The molecule has 2 aromatic rings. The van der Waals surface area contributed by atoms with E-state index in [2.05, 4.69) is 66.3 Å². The first-order valence-electron chi connectivity index (χ1n) is 6.72. The molecule has 0 saturated heterocycles. The molecule has 0 bridgehead atoms. The van der Waals surface area contributed by atoms with Crippen molar-refractivity contribution in [2.75, 3.05) is 0 Å². The van der Waals surface area contributed by atoms with Gasteiger partial charge < -0.3 is 5.73 Å². The summed E-state index contributed by atoms with van der Waals surface area (Å²) in [4.78, 5) is 0. The van der Waals surface area contributed by atoms with Crippen LogP contribution in [0.25, 0.3) is 16.5 Å². The quantitative estimate of drug-likeness (QED) is 0.262. The molecule has 0 heterocycles. The molecule has 0 amide bonds. The number of fused-ring (bicyclic) bond motifs is 1.